The Morgan fingerprint density at radius 3 is 1.68 bits per heavy atom. The van der Waals surface area contributed by atoms with E-state index in [1.165, 1.54) is 96.7 Å². The predicted molar refractivity (Wildman–Crippen MR) is 98.4 cm³/mol. The molecule has 132 valence electrons. The van der Waals surface area contributed by atoms with Crippen molar-refractivity contribution in [1.29, 1.82) is 0 Å². The minimum Gasteiger partial charge on any atom is -0.330 e. The molecule has 0 radical (unpaired) electrons. The van der Waals surface area contributed by atoms with Crippen LogP contribution < -0.4 is 11.1 Å². The first-order valence-electron chi connectivity index (χ1n) is 10.1. The van der Waals surface area contributed by atoms with Crippen molar-refractivity contribution in [3.63, 3.8) is 0 Å². The van der Waals surface area contributed by atoms with E-state index < -0.39 is 0 Å². The summed E-state index contributed by atoms with van der Waals surface area (Å²) in [6.07, 6.45) is 18.3. The quantitative estimate of drug-likeness (QED) is 0.668. The molecule has 1 saturated heterocycles. The van der Waals surface area contributed by atoms with E-state index in [2.05, 4.69) is 10.2 Å². The molecule has 0 aromatic carbocycles. The van der Waals surface area contributed by atoms with Gasteiger partial charge in [-0.15, -0.1) is 0 Å². The lowest BCUT2D eigenvalue weighted by atomic mass is 10.1. The van der Waals surface area contributed by atoms with Crippen LogP contribution in [0, 0.1) is 0 Å². The molecule has 1 fully saturated rings. The molecule has 1 rings (SSSR count). The second-order valence-electron chi connectivity index (χ2n) is 6.98. The maximum atomic E-state index is 5.50. The molecule has 0 aliphatic carbocycles. The first-order valence-corrected chi connectivity index (χ1v) is 10.1. The van der Waals surface area contributed by atoms with E-state index >= 15 is 0 Å². The monoisotopic (exact) mass is 311 g/mol. The van der Waals surface area contributed by atoms with Crippen molar-refractivity contribution in [2.45, 2.75) is 83.5 Å². The Hall–Kier alpha value is -0.120. The zero-order valence-electron chi connectivity index (χ0n) is 15.0. The number of hydrogen-bond acceptors (Lipinski definition) is 3. The Bertz CT molecular complexity index is 207. The highest BCUT2D eigenvalue weighted by Gasteiger charge is 2.05. The van der Waals surface area contributed by atoms with E-state index in [-0.39, 0.29) is 0 Å². The van der Waals surface area contributed by atoms with Crippen molar-refractivity contribution in [1.82, 2.24) is 10.2 Å². The highest BCUT2D eigenvalue weighted by molar-refractivity contribution is 4.61. The topological polar surface area (TPSA) is 41.3 Å². The Morgan fingerprint density at radius 1 is 0.636 bits per heavy atom. The molecule has 0 unspecified atom stereocenters. The van der Waals surface area contributed by atoms with Crippen LogP contribution in [0.3, 0.4) is 0 Å². The Kier molecular flexibility index (Phi) is 14.3. The second kappa shape index (κ2) is 15.8. The molecule has 0 saturated carbocycles. The smallest absolute Gasteiger partial charge is 0.00183 e. The second-order valence-corrected chi connectivity index (χ2v) is 6.98. The fraction of sp³-hybridized carbons (Fsp3) is 1.00. The van der Waals surface area contributed by atoms with Crippen LogP contribution in [0.25, 0.3) is 0 Å². The molecule has 1 aliphatic heterocycles. The molecule has 1 heterocycles. The molecule has 3 N–H and O–H groups in total. The molecular formula is C19H41N3. The summed E-state index contributed by atoms with van der Waals surface area (Å²) in [4.78, 5) is 2.73. The highest BCUT2D eigenvalue weighted by Crippen LogP contribution is 2.13. The third-order valence-electron chi connectivity index (χ3n) is 4.83. The van der Waals surface area contributed by atoms with Crippen molar-refractivity contribution in [2.75, 3.05) is 39.3 Å². The molecule has 22 heavy (non-hydrogen) atoms. The summed E-state index contributed by atoms with van der Waals surface area (Å²) in [5, 5.41) is 3.49. The summed E-state index contributed by atoms with van der Waals surface area (Å²) in [6.45, 7) is 7.02. The van der Waals surface area contributed by atoms with Gasteiger partial charge in [0.2, 0.25) is 0 Å². The zero-order valence-corrected chi connectivity index (χ0v) is 15.0. The van der Waals surface area contributed by atoms with Crippen LogP contribution in [0.1, 0.15) is 83.5 Å². The summed E-state index contributed by atoms with van der Waals surface area (Å²) in [6, 6.07) is 0. The van der Waals surface area contributed by atoms with Gasteiger partial charge in [0.25, 0.3) is 0 Å². The summed E-state index contributed by atoms with van der Waals surface area (Å²) in [7, 11) is 0. The molecule has 3 nitrogen and oxygen atoms in total. The molecule has 0 spiro atoms. The van der Waals surface area contributed by atoms with Crippen molar-refractivity contribution in [3.05, 3.63) is 0 Å². The van der Waals surface area contributed by atoms with E-state index in [9.17, 15) is 0 Å². The van der Waals surface area contributed by atoms with Gasteiger partial charge in [-0.3, -0.25) is 0 Å². The van der Waals surface area contributed by atoms with Gasteiger partial charge in [-0.2, -0.15) is 0 Å². The number of unbranched alkanes of at least 4 members (excludes halogenated alkanes) is 1. The minimum atomic E-state index is 0.806. The largest absolute Gasteiger partial charge is 0.330 e. The SMILES string of the molecule is NCCCNCCCCN1CCCCCCCCCCCC1. The normalized spacial score (nSPS) is 20.0. The Labute approximate surface area is 139 Å². The van der Waals surface area contributed by atoms with Gasteiger partial charge in [-0.1, -0.05) is 51.4 Å². The van der Waals surface area contributed by atoms with Crippen LogP contribution in [-0.2, 0) is 0 Å². The Balaban J connectivity index is 2.08. The fourth-order valence-corrected chi connectivity index (χ4v) is 3.36. The minimum absolute atomic E-state index is 0.806. The summed E-state index contributed by atoms with van der Waals surface area (Å²) in [5.74, 6) is 0. The number of hydrogen-bond donors (Lipinski definition) is 2. The molecule has 0 atom stereocenters. The Morgan fingerprint density at radius 2 is 1.14 bits per heavy atom. The number of nitrogens with zero attached hydrogens (tertiary/aromatic N) is 1. The third kappa shape index (κ3) is 12.4. The van der Waals surface area contributed by atoms with Crippen LogP contribution >= 0.6 is 0 Å². The summed E-state index contributed by atoms with van der Waals surface area (Å²) in [5.41, 5.74) is 5.50. The van der Waals surface area contributed by atoms with Gasteiger partial charge >= 0.3 is 0 Å². The van der Waals surface area contributed by atoms with Gasteiger partial charge in [-0.05, 0) is 71.4 Å². The predicted octanol–water partition coefficient (Wildman–Crippen LogP) is 3.92. The zero-order chi connectivity index (χ0) is 15.7. The van der Waals surface area contributed by atoms with E-state index in [1.54, 1.807) is 0 Å². The van der Waals surface area contributed by atoms with Gasteiger partial charge in [0.15, 0.2) is 0 Å². The number of nitrogens with one attached hydrogen (secondary N) is 1. The molecule has 0 aromatic heterocycles. The van der Waals surface area contributed by atoms with Crippen LogP contribution in [-0.4, -0.2) is 44.2 Å². The van der Waals surface area contributed by atoms with Crippen LogP contribution in [0.15, 0.2) is 0 Å². The molecule has 0 amide bonds. The molecule has 0 aromatic rings. The van der Waals surface area contributed by atoms with Gasteiger partial charge in [0, 0.05) is 0 Å². The lowest BCUT2D eigenvalue weighted by molar-refractivity contribution is 0.256. The van der Waals surface area contributed by atoms with E-state index in [1.807, 2.05) is 0 Å². The van der Waals surface area contributed by atoms with Gasteiger partial charge in [0.1, 0.15) is 0 Å². The van der Waals surface area contributed by atoms with Crippen molar-refractivity contribution in [2.24, 2.45) is 5.73 Å². The van der Waals surface area contributed by atoms with Gasteiger partial charge < -0.3 is 16.0 Å². The molecule has 0 bridgehead atoms. The van der Waals surface area contributed by atoms with E-state index in [0.29, 0.717) is 0 Å². The standard InChI is InChI=1S/C19H41N3/c20-14-13-16-21-15-9-12-19-22-17-10-7-5-3-1-2-4-6-8-11-18-22/h21H,1-20H2. The van der Waals surface area contributed by atoms with Crippen LogP contribution in [0.2, 0.25) is 0 Å². The summed E-state index contributed by atoms with van der Waals surface area (Å²) >= 11 is 0. The summed E-state index contributed by atoms with van der Waals surface area (Å²) < 4.78 is 0. The van der Waals surface area contributed by atoms with Crippen LogP contribution in [0.5, 0.6) is 0 Å². The maximum Gasteiger partial charge on any atom is -0.00183 e. The highest BCUT2D eigenvalue weighted by atomic mass is 15.1. The average molecular weight is 312 g/mol. The van der Waals surface area contributed by atoms with Gasteiger partial charge in [0.05, 0.1) is 0 Å². The number of rotatable bonds is 8. The van der Waals surface area contributed by atoms with Crippen LogP contribution in [0.4, 0.5) is 0 Å². The van der Waals surface area contributed by atoms with Gasteiger partial charge in [-0.25, -0.2) is 0 Å². The first kappa shape index (κ1) is 19.9. The molecular weight excluding hydrogens is 270 g/mol. The first-order chi connectivity index (χ1) is 10.9. The van der Waals surface area contributed by atoms with Crippen molar-refractivity contribution in [3.8, 4) is 0 Å². The number of nitrogens with two attached hydrogens (primary N) is 1. The molecule has 1 aliphatic rings. The fourth-order valence-electron chi connectivity index (χ4n) is 3.36. The van der Waals surface area contributed by atoms with Crippen molar-refractivity contribution >= 4 is 0 Å². The third-order valence-corrected chi connectivity index (χ3v) is 4.83. The lowest BCUT2D eigenvalue weighted by Crippen LogP contribution is -2.28. The average Bonchev–Trinajstić information content (AvgIpc) is 2.56. The van der Waals surface area contributed by atoms with E-state index in [0.717, 1.165) is 26.1 Å². The maximum absolute atomic E-state index is 5.50. The lowest BCUT2D eigenvalue weighted by Gasteiger charge is -2.22. The molecule has 3 heteroatoms. The van der Waals surface area contributed by atoms with Crippen molar-refractivity contribution < 1.29 is 0 Å². The van der Waals surface area contributed by atoms with E-state index in [4.69, 9.17) is 5.73 Å².